The highest BCUT2D eigenvalue weighted by atomic mass is 19.4. The number of alkyl halides is 3. The average Bonchev–Trinajstić information content (AvgIpc) is 2.24. The Balaban J connectivity index is 2.74. The maximum atomic E-state index is 13.2. The molecule has 0 spiro atoms. The van der Waals surface area contributed by atoms with Gasteiger partial charge >= 0.3 is 6.18 Å². The molecule has 0 saturated carbocycles. The fourth-order valence-electron chi connectivity index (χ4n) is 1.20. The van der Waals surface area contributed by atoms with Gasteiger partial charge in [-0.15, -0.1) is 0 Å². The van der Waals surface area contributed by atoms with Crippen molar-refractivity contribution in [3.63, 3.8) is 0 Å². The molecular weight excluding hydrogens is 259 g/mol. The molecule has 7 heteroatoms. The van der Waals surface area contributed by atoms with E-state index in [9.17, 15) is 26.7 Å². The van der Waals surface area contributed by atoms with Gasteiger partial charge in [-0.1, -0.05) is 0 Å². The van der Waals surface area contributed by atoms with Crippen LogP contribution in [0.2, 0.25) is 0 Å². The predicted octanol–water partition coefficient (Wildman–Crippen LogP) is 3.11. The lowest BCUT2D eigenvalue weighted by Gasteiger charge is -2.14. The van der Waals surface area contributed by atoms with Crippen LogP contribution in [0.15, 0.2) is 18.2 Å². The number of carbonyl (C=O) groups is 1. The lowest BCUT2D eigenvalue weighted by Crippen LogP contribution is -2.27. The summed E-state index contributed by atoms with van der Waals surface area (Å²) >= 11 is 0. The number of halogens is 5. The van der Waals surface area contributed by atoms with Crippen LogP contribution in [-0.4, -0.2) is 24.7 Å². The summed E-state index contributed by atoms with van der Waals surface area (Å²) in [5.41, 5.74) is -0.508. The number of hydrogen-bond acceptors (Lipinski definition) is 2. The molecule has 0 radical (unpaired) electrons. The molecule has 18 heavy (non-hydrogen) atoms. The van der Waals surface area contributed by atoms with E-state index in [2.05, 4.69) is 4.74 Å². The first-order chi connectivity index (χ1) is 8.20. The van der Waals surface area contributed by atoms with Gasteiger partial charge in [0.2, 0.25) is 0 Å². The first-order valence-corrected chi connectivity index (χ1v) is 4.88. The average molecular weight is 268 g/mol. The fraction of sp³-hybridized carbons (Fsp3) is 0.364. The highest BCUT2D eigenvalue weighted by Gasteiger charge is 2.30. The van der Waals surface area contributed by atoms with Crippen molar-refractivity contribution in [1.29, 1.82) is 0 Å². The summed E-state index contributed by atoms with van der Waals surface area (Å²) < 4.78 is 65.6. The van der Waals surface area contributed by atoms with Gasteiger partial charge in [-0.2, -0.15) is 13.2 Å². The normalized spacial score (nSPS) is 13.4. The zero-order valence-corrected chi connectivity index (χ0v) is 9.22. The van der Waals surface area contributed by atoms with E-state index in [-0.39, 0.29) is 0 Å². The fourth-order valence-corrected chi connectivity index (χ4v) is 1.20. The molecule has 0 heterocycles. The summed E-state index contributed by atoms with van der Waals surface area (Å²) in [7, 11) is 0. The van der Waals surface area contributed by atoms with E-state index in [1.54, 1.807) is 0 Å². The number of carbonyl (C=O) groups excluding carboxylic acids is 1. The first kappa shape index (κ1) is 14.6. The topological polar surface area (TPSA) is 26.3 Å². The number of Topliss-reactive ketones (excluding diaryl/α,β-unsaturated/α-hetero) is 1. The zero-order valence-electron chi connectivity index (χ0n) is 9.22. The van der Waals surface area contributed by atoms with Crippen LogP contribution in [0, 0.1) is 11.6 Å². The molecule has 1 rings (SSSR count). The molecule has 0 aliphatic rings. The Kier molecular flexibility index (Phi) is 4.39. The van der Waals surface area contributed by atoms with Gasteiger partial charge < -0.3 is 4.74 Å². The second kappa shape index (κ2) is 5.43. The summed E-state index contributed by atoms with van der Waals surface area (Å²) in [5, 5.41) is 0. The molecule has 1 atom stereocenters. The van der Waals surface area contributed by atoms with E-state index >= 15 is 0 Å². The van der Waals surface area contributed by atoms with Crippen LogP contribution in [0.1, 0.15) is 17.3 Å². The van der Waals surface area contributed by atoms with E-state index in [4.69, 9.17) is 0 Å². The van der Waals surface area contributed by atoms with Crippen molar-refractivity contribution >= 4 is 5.78 Å². The SMILES string of the molecule is CC(OCC(F)(F)F)C(=O)c1ccc(F)cc1F. The smallest absolute Gasteiger partial charge is 0.361 e. The van der Waals surface area contributed by atoms with E-state index in [0.717, 1.165) is 19.1 Å². The molecule has 0 saturated heterocycles. The first-order valence-electron chi connectivity index (χ1n) is 4.88. The van der Waals surface area contributed by atoms with Crippen LogP contribution in [0.5, 0.6) is 0 Å². The van der Waals surface area contributed by atoms with Gasteiger partial charge in [0.25, 0.3) is 0 Å². The molecule has 0 aliphatic heterocycles. The summed E-state index contributed by atoms with van der Waals surface area (Å²) in [6, 6.07) is 2.18. The van der Waals surface area contributed by atoms with Crippen molar-refractivity contribution in [2.45, 2.75) is 19.2 Å². The Morgan fingerprint density at radius 2 is 1.94 bits per heavy atom. The highest BCUT2D eigenvalue weighted by Crippen LogP contribution is 2.18. The number of benzene rings is 1. The van der Waals surface area contributed by atoms with Crippen LogP contribution < -0.4 is 0 Å². The van der Waals surface area contributed by atoms with Gasteiger partial charge in [0.1, 0.15) is 24.3 Å². The zero-order chi connectivity index (χ0) is 13.9. The van der Waals surface area contributed by atoms with Crippen molar-refractivity contribution in [1.82, 2.24) is 0 Å². The maximum Gasteiger partial charge on any atom is 0.411 e. The number of ketones is 1. The number of rotatable bonds is 4. The molecule has 2 nitrogen and oxygen atoms in total. The van der Waals surface area contributed by atoms with Gasteiger partial charge in [0, 0.05) is 6.07 Å². The van der Waals surface area contributed by atoms with Crippen molar-refractivity contribution in [3.05, 3.63) is 35.4 Å². The van der Waals surface area contributed by atoms with E-state index in [0.29, 0.717) is 6.07 Å². The van der Waals surface area contributed by atoms with E-state index in [1.807, 2.05) is 0 Å². The van der Waals surface area contributed by atoms with Gasteiger partial charge in [-0.05, 0) is 19.1 Å². The monoisotopic (exact) mass is 268 g/mol. The second-order valence-electron chi connectivity index (χ2n) is 3.56. The molecule has 0 aromatic heterocycles. The summed E-state index contributed by atoms with van der Waals surface area (Å²) in [4.78, 5) is 11.5. The minimum atomic E-state index is -4.57. The Bertz CT molecular complexity index is 442. The number of hydrogen-bond donors (Lipinski definition) is 0. The minimum Gasteiger partial charge on any atom is -0.361 e. The Hall–Kier alpha value is -1.50. The molecule has 100 valence electrons. The lowest BCUT2D eigenvalue weighted by atomic mass is 10.1. The Morgan fingerprint density at radius 1 is 1.33 bits per heavy atom. The van der Waals surface area contributed by atoms with Crippen molar-refractivity contribution in [2.75, 3.05) is 6.61 Å². The molecular formula is C11H9F5O2. The standard InChI is InChI=1S/C11H9F5O2/c1-6(18-5-11(14,15)16)10(17)8-3-2-7(12)4-9(8)13/h2-4,6H,5H2,1H3. The van der Waals surface area contributed by atoms with Crippen LogP contribution >= 0.6 is 0 Å². The number of ether oxygens (including phenoxy) is 1. The summed E-state index contributed by atoms with van der Waals surface area (Å²) in [6.07, 6.45) is -6.04. The molecule has 1 unspecified atom stereocenters. The molecule has 0 fully saturated rings. The third-order valence-electron chi connectivity index (χ3n) is 2.06. The van der Waals surface area contributed by atoms with Crippen molar-refractivity contribution in [3.8, 4) is 0 Å². The van der Waals surface area contributed by atoms with Crippen LogP contribution in [-0.2, 0) is 4.74 Å². The summed E-state index contributed by atoms with van der Waals surface area (Å²) in [6.45, 7) is -0.542. The lowest BCUT2D eigenvalue weighted by molar-refractivity contribution is -0.179. The van der Waals surface area contributed by atoms with Gasteiger partial charge in [-0.25, -0.2) is 8.78 Å². The second-order valence-corrected chi connectivity index (χ2v) is 3.56. The van der Waals surface area contributed by atoms with Gasteiger partial charge in [0.15, 0.2) is 5.78 Å². The Labute approximate surface area is 99.4 Å². The quantitative estimate of drug-likeness (QED) is 0.619. The molecule has 0 aliphatic carbocycles. The predicted molar refractivity (Wildman–Crippen MR) is 52.2 cm³/mol. The van der Waals surface area contributed by atoms with Crippen LogP contribution in [0.3, 0.4) is 0 Å². The maximum absolute atomic E-state index is 13.2. The Morgan fingerprint density at radius 3 is 2.44 bits per heavy atom. The van der Waals surface area contributed by atoms with Crippen molar-refractivity contribution in [2.24, 2.45) is 0 Å². The van der Waals surface area contributed by atoms with Crippen LogP contribution in [0.4, 0.5) is 22.0 Å². The van der Waals surface area contributed by atoms with Gasteiger partial charge in [-0.3, -0.25) is 4.79 Å². The molecule has 1 aromatic carbocycles. The highest BCUT2D eigenvalue weighted by molar-refractivity contribution is 5.99. The largest absolute Gasteiger partial charge is 0.411 e. The third-order valence-corrected chi connectivity index (χ3v) is 2.06. The van der Waals surface area contributed by atoms with Gasteiger partial charge in [0.05, 0.1) is 5.56 Å². The minimum absolute atomic E-state index is 0.476. The third kappa shape index (κ3) is 4.06. The molecule has 0 amide bonds. The van der Waals surface area contributed by atoms with Crippen LogP contribution in [0.25, 0.3) is 0 Å². The molecule has 1 aromatic rings. The summed E-state index contributed by atoms with van der Waals surface area (Å²) in [5.74, 6) is -2.99. The van der Waals surface area contributed by atoms with Crippen molar-refractivity contribution < 1.29 is 31.5 Å². The molecule has 0 bridgehead atoms. The molecule has 0 N–H and O–H groups in total. The van der Waals surface area contributed by atoms with E-state index in [1.165, 1.54) is 0 Å². The van der Waals surface area contributed by atoms with E-state index < -0.39 is 41.9 Å².